The van der Waals surface area contributed by atoms with Crippen molar-refractivity contribution in [1.29, 1.82) is 0 Å². The molecule has 1 aliphatic rings. The van der Waals surface area contributed by atoms with Gasteiger partial charge in [-0.2, -0.15) is 0 Å². The molecule has 1 fully saturated rings. The minimum absolute atomic E-state index is 0.224. The quantitative estimate of drug-likeness (QED) is 0.903. The second-order valence-corrected chi connectivity index (χ2v) is 7.49. The van der Waals surface area contributed by atoms with E-state index in [0.29, 0.717) is 12.0 Å². The van der Waals surface area contributed by atoms with Gasteiger partial charge >= 0.3 is 0 Å². The zero-order valence-corrected chi connectivity index (χ0v) is 14.2. The third kappa shape index (κ3) is 3.87. The maximum atomic E-state index is 6.06. The van der Waals surface area contributed by atoms with E-state index >= 15 is 0 Å². The fourth-order valence-corrected chi connectivity index (χ4v) is 3.60. The summed E-state index contributed by atoms with van der Waals surface area (Å²) in [5.41, 5.74) is 9.15. The molecule has 0 radical (unpaired) electrons. The first-order valence-corrected chi connectivity index (χ1v) is 8.52. The third-order valence-electron chi connectivity index (χ3n) is 4.79. The summed E-state index contributed by atoms with van der Waals surface area (Å²) in [6.45, 7) is 12.3. The van der Waals surface area contributed by atoms with Gasteiger partial charge in [-0.15, -0.1) is 0 Å². The van der Waals surface area contributed by atoms with Gasteiger partial charge in [0.2, 0.25) is 0 Å². The highest BCUT2D eigenvalue weighted by molar-refractivity contribution is 5.30. The van der Waals surface area contributed by atoms with E-state index in [1.165, 1.54) is 43.5 Å². The van der Waals surface area contributed by atoms with Crippen LogP contribution in [0, 0.1) is 5.92 Å². The Hall–Kier alpha value is -0.860. The summed E-state index contributed by atoms with van der Waals surface area (Å²) in [6, 6.07) is 9.80. The standard InChI is InChI=1S/C19H32N2/c1-5-12-21-13-6-7-16(14-20)18(21)15-8-10-17(11-9-15)19(2,3)4/h8-11,16,18H,5-7,12-14,20H2,1-4H3. The van der Waals surface area contributed by atoms with Crippen molar-refractivity contribution >= 4 is 0 Å². The monoisotopic (exact) mass is 288 g/mol. The average molecular weight is 288 g/mol. The number of benzene rings is 1. The Labute approximate surface area is 130 Å². The summed E-state index contributed by atoms with van der Waals surface area (Å²) >= 11 is 0. The molecule has 2 nitrogen and oxygen atoms in total. The first-order chi connectivity index (χ1) is 9.97. The Balaban J connectivity index is 2.26. The molecular formula is C19H32N2. The van der Waals surface area contributed by atoms with Crippen LogP contribution in [0.3, 0.4) is 0 Å². The molecule has 2 heteroatoms. The molecule has 2 unspecified atom stereocenters. The number of rotatable bonds is 4. The molecule has 2 rings (SSSR count). The molecule has 0 aliphatic carbocycles. The molecule has 1 aliphatic heterocycles. The van der Waals surface area contributed by atoms with Crippen LogP contribution in [0.4, 0.5) is 0 Å². The number of nitrogens with two attached hydrogens (primary N) is 1. The number of nitrogens with zero attached hydrogens (tertiary/aromatic N) is 1. The molecule has 0 amide bonds. The van der Waals surface area contributed by atoms with Crippen molar-refractivity contribution in [1.82, 2.24) is 4.90 Å². The molecule has 0 bridgehead atoms. The summed E-state index contributed by atoms with van der Waals surface area (Å²) < 4.78 is 0. The summed E-state index contributed by atoms with van der Waals surface area (Å²) in [5.74, 6) is 0.603. The van der Waals surface area contributed by atoms with E-state index in [9.17, 15) is 0 Å². The van der Waals surface area contributed by atoms with E-state index < -0.39 is 0 Å². The second-order valence-electron chi connectivity index (χ2n) is 7.49. The van der Waals surface area contributed by atoms with E-state index in [0.717, 1.165) is 6.54 Å². The maximum absolute atomic E-state index is 6.06. The van der Waals surface area contributed by atoms with Crippen molar-refractivity contribution in [3.05, 3.63) is 35.4 Å². The Morgan fingerprint density at radius 3 is 2.38 bits per heavy atom. The van der Waals surface area contributed by atoms with Crippen LogP contribution >= 0.6 is 0 Å². The fourth-order valence-electron chi connectivity index (χ4n) is 3.60. The van der Waals surface area contributed by atoms with Crippen molar-refractivity contribution in [2.24, 2.45) is 11.7 Å². The van der Waals surface area contributed by atoms with Gasteiger partial charge in [0.25, 0.3) is 0 Å². The van der Waals surface area contributed by atoms with Gasteiger partial charge in [-0.05, 0) is 61.4 Å². The van der Waals surface area contributed by atoms with Crippen molar-refractivity contribution in [2.75, 3.05) is 19.6 Å². The van der Waals surface area contributed by atoms with Gasteiger partial charge < -0.3 is 5.73 Å². The molecule has 0 aromatic heterocycles. The van der Waals surface area contributed by atoms with Crippen LogP contribution in [0.15, 0.2) is 24.3 Å². The Kier molecular flexibility index (Phi) is 5.45. The highest BCUT2D eigenvalue weighted by Gasteiger charge is 2.31. The molecule has 118 valence electrons. The number of hydrogen-bond acceptors (Lipinski definition) is 2. The molecule has 1 heterocycles. The van der Waals surface area contributed by atoms with Gasteiger partial charge in [0.15, 0.2) is 0 Å². The molecule has 0 spiro atoms. The van der Waals surface area contributed by atoms with E-state index in [2.05, 4.69) is 56.9 Å². The predicted molar refractivity (Wildman–Crippen MR) is 91.5 cm³/mol. The first-order valence-electron chi connectivity index (χ1n) is 8.52. The van der Waals surface area contributed by atoms with Crippen LogP contribution in [-0.2, 0) is 5.41 Å². The average Bonchev–Trinajstić information content (AvgIpc) is 2.46. The largest absolute Gasteiger partial charge is 0.330 e. The van der Waals surface area contributed by atoms with Crippen LogP contribution in [0.25, 0.3) is 0 Å². The van der Waals surface area contributed by atoms with E-state index in [4.69, 9.17) is 5.73 Å². The van der Waals surface area contributed by atoms with Gasteiger partial charge in [0.1, 0.15) is 0 Å². The molecule has 0 saturated carbocycles. The van der Waals surface area contributed by atoms with Crippen LogP contribution in [0.1, 0.15) is 64.1 Å². The zero-order chi connectivity index (χ0) is 15.5. The number of hydrogen-bond donors (Lipinski definition) is 1. The molecule has 2 atom stereocenters. The summed E-state index contributed by atoms with van der Waals surface area (Å²) in [7, 11) is 0. The lowest BCUT2D eigenvalue weighted by atomic mass is 9.82. The van der Waals surface area contributed by atoms with Gasteiger partial charge in [-0.25, -0.2) is 0 Å². The molecule has 1 aromatic rings. The van der Waals surface area contributed by atoms with E-state index in [1.54, 1.807) is 0 Å². The van der Waals surface area contributed by atoms with Gasteiger partial charge in [-0.3, -0.25) is 4.90 Å². The van der Waals surface area contributed by atoms with Gasteiger partial charge in [-0.1, -0.05) is 52.0 Å². The predicted octanol–water partition coefficient (Wildman–Crippen LogP) is 4.11. The van der Waals surface area contributed by atoms with E-state index in [-0.39, 0.29) is 5.41 Å². The van der Waals surface area contributed by atoms with Crippen molar-refractivity contribution < 1.29 is 0 Å². The van der Waals surface area contributed by atoms with Crippen LogP contribution < -0.4 is 5.73 Å². The Morgan fingerprint density at radius 2 is 1.86 bits per heavy atom. The van der Waals surface area contributed by atoms with Crippen LogP contribution in [0.2, 0.25) is 0 Å². The first kappa shape index (κ1) is 16.5. The zero-order valence-electron chi connectivity index (χ0n) is 14.2. The molecule has 1 aromatic carbocycles. The second kappa shape index (κ2) is 6.93. The SMILES string of the molecule is CCCN1CCCC(CN)C1c1ccc(C(C)(C)C)cc1. The van der Waals surface area contributed by atoms with E-state index in [1.807, 2.05) is 0 Å². The van der Waals surface area contributed by atoms with Crippen molar-refractivity contribution in [3.63, 3.8) is 0 Å². The lowest BCUT2D eigenvalue weighted by Crippen LogP contribution is -2.41. The highest BCUT2D eigenvalue weighted by Crippen LogP contribution is 2.36. The van der Waals surface area contributed by atoms with Crippen LogP contribution in [-0.4, -0.2) is 24.5 Å². The Bertz CT molecular complexity index is 428. The topological polar surface area (TPSA) is 29.3 Å². The van der Waals surface area contributed by atoms with Gasteiger partial charge in [0.05, 0.1) is 0 Å². The fraction of sp³-hybridized carbons (Fsp3) is 0.684. The van der Waals surface area contributed by atoms with Gasteiger partial charge in [0, 0.05) is 6.04 Å². The molecule has 1 saturated heterocycles. The molecular weight excluding hydrogens is 256 g/mol. The molecule has 21 heavy (non-hydrogen) atoms. The van der Waals surface area contributed by atoms with Crippen LogP contribution in [0.5, 0.6) is 0 Å². The summed E-state index contributed by atoms with van der Waals surface area (Å²) in [4.78, 5) is 2.65. The number of likely N-dealkylation sites (tertiary alicyclic amines) is 1. The van der Waals surface area contributed by atoms with Crippen molar-refractivity contribution in [3.8, 4) is 0 Å². The Morgan fingerprint density at radius 1 is 1.19 bits per heavy atom. The summed E-state index contributed by atoms with van der Waals surface area (Å²) in [6.07, 6.45) is 3.77. The highest BCUT2D eigenvalue weighted by atomic mass is 15.2. The minimum Gasteiger partial charge on any atom is -0.330 e. The third-order valence-corrected chi connectivity index (χ3v) is 4.79. The maximum Gasteiger partial charge on any atom is 0.0388 e. The lowest BCUT2D eigenvalue weighted by Gasteiger charge is -2.41. The minimum atomic E-state index is 0.224. The molecule has 2 N–H and O–H groups in total. The summed E-state index contributed by atoms with van der Waals surface area (Å²) in [5, 5.41) is 0. The number of piperidine rings is 1. The van der Waals surface area contributed by atoms with Crippen molar-refractivity contribution in [2.45, 2.75) is 58.4 Å². The normalized spacial score (nSPS) is 24.2. The lowest BCUT2D eigenvalue weighted by molar-refractivity contribution is 0.0960. The smallest absolute Gasteiger partial charge is 0.0388 e.